The molecule has 0 bridgehead atoms. The van der Waals surface area contributed by atoms with Crippen LogP contribution in [0.15, 0.2) is 22.6 Å². The number of amides is 1. The molecule has 1 unspecified atom stereocenters. The van der Waals surface area contributed by atoms with Crippen LogP contribution in [0.1, 0.15) is 36.9 Å². The zero-order valence-electron chi connectivity index (χ0n) is 12.0. The fourth-order valence-electron chi connectivity index (χ4n) is 1.86. The van der Waals surface area contributed by atoms with Crippen LogP contribution in [0.25, 0.3) is 11.0 Å². The van der Waals surface area contributed by atoms with Crippen LogP contribution < -0.4 is 5.32 Å². The second-order valence-corrected chi connectivity index (χ2v) is 5.98. The van der Waals surface area contributed by atoms with E-state index in [9.17, 15) is 9.90 Å². The Bertz CT molecular complexity index is 658. The van der Waals surface area contributed by atoms with Crippen molar-refractivity contribution in [2.24, 2.45) is 0 Å². The van der Waals surface area contributed by atoms with Gasteiger partial charge in [-0.3, -0.25) is 4.79 Å². The first kappa shape index (κ1) is 14.9. The summed E-state index contributed by atoms with van der Waals surface area (Å²) in [6.45, 7) is 6.95. The van der Waals surface area contributed by atoms with Gasteiger partial charge in [-0.1, -0.05) is 11.6 Å². The number of benzene rings is 1. The Labute approximate surface area is 122 Å². The third kappa shape index (κ3) is 2.67. The largest absolute Gasteiger partial charge is 0.451 e. The standard InChI is InChI=1S/C15H18ClNO3/c1-8-11-7-10(16)5-6-12(11)20-13(8)14(19)17-15(3,4)9(2)18/h5-7,9,18H,1-4H3,(H,17,19). The molecule has 1 amide bonds. The Morgan fingerprint density at radius 2 is 2.10 bits per heavy atom. The van der Waals surface area contributed by atoms with Crippen LogP contribution in [0, 0.1) is 6.92 Å². The highest BCUT2D eigenvalue weighted by Crippen LogP contribution is 2.28. The van der Waals surface area contributed by atoms with Gasteiger partial charge in [-0.15, -0.1) is 0 Å². The summed E-state index contributed by atoms with van der Waals surface area (Å²) in [5.41, 5.74) is 0.619. The number of aliphatic hydroxyl groups is 1. The summed E-state index contributed by atoms with van der Waals surface area (Å²) in [4.78, 5) is 12.3. The number of nitrogens with one attached hydrogen (secondary N) is 1. The van der Waals surface area contributed by atoms with E-state index in [1.165, 1.54) is 0 Å². The summed E-state index contributed by atoms with van der Waals surface area (Å²) >= 11 is 5.95. The quantitative estimate of drug-likeness (QED) is 0.913. The highest BCUT2D eigenvalue weighted by atomic mass is 35.5. The maximum Gasteiger partial charge on any atom is 0.287 e. The van der Waals surface area contributed by atoms with E-state index in [0.717, 1.165) is 10.9 Å². The summed E-state index contributed by atoms with van der Waals surface area (Å²) in [6.07, 6.45) is -0.675. The molecule has 0 aliphatic heterocycles. The summed E-state index contributed by atoms with van der Waals surface area (Å²) in [7, 11) is 0. The molecule has 1 aromatic heterocycles. The van der Waals surface area contributed by atoms with Crippen molar-refractivity contribution in [2.45, 2.75) is 39.3 Å². The molecule has 2 aromatic rings. The molecular weight excluding hydrogens is 278 g/mol. The van der Waals surface area contributed by atoms with Crippen LogP contribution in [0.5, 0.6) is 0 Å². The average Bonchev–Trinajstić information content (AvgIpc) is 2.66. The normalized spacial score (nSPS) is 13.5. The summed E-state index contributed by atoms with van der Waals surface area (Å²) in [5, 5.41) is 13.8. The van der Waals surface area contributed by atoms with Crippen molar-refractivity contribution in [2.75, 3.05) is 0 Å². The van der Waals surface area contributed by atoms with Crippen molar-refractivity contribution in [1.29, 1.82) is 0 Å². The van der Waals surface area contributed by atoms with Gasteiger partial charge in [0.2, 0.25) is 0 Å². The van der Waals surface area contributed by atoms with Gasteiger partial charge in [0.25, 0.3) is 5.91 Å². The Morgan fingerprint density at radius 1 is 1.45 bits per heavy atom. The first-order valence-corrected chi connectivity index (χ1v) is 6.79. The van der Waals surface area contributed by atoms with E-state index in [2.05, 4.69) is 5.32 Å². The number of rotatable bonds is 3. The summed E-state index contributed by atoms with van der Waals surface area (Å²) in [6, 6.07) is 5.22. The minimum atomic E-state index is -0.736. The van der Waals surface area contributed by atoms with Crippen molar-refractivity contribution < 1.29 is 14.3 Å². The highest BCUT2D eigenvalue weighted by molar-refractivity contribution is 6.31. The zero-order chi connectivity index (χ0) is 15.1. The number of furan rings is 1. The number of fused-ring (bicyclic) bond motifs is 1. The van der Waals surface area contributed by atoms with Crippen LogP contribution in [0.2, 0.25) is 5.02 Å². The fourth-order valence-corrected chi connectivity index (χ4v) is 2.04. The maximum absolute atomic E-state index is 12.3. The van der Waals surface area contributed by atoms with Crippen LogP contribution >= 0.6 is 11.6 Å². The van der Waals surface area contributed by atoms with Gasteiger partial charge in [0, 0.05) is 16.0 Å². The summed E-state index contributed by atoms with van der Waals surface area (Å²) in [5.74, 6) is -0.100. The predicted molar refractivity (Wildman–Crippen MR) is 79.2 cm³/mol. The summed E-state index contributed by atoms with van der Waals surface area (Å²) < 4.78 is 5.59. The molecule has 0 aliphatic carbocycles. The molecule has 1 aromatic carbocycles. The van der Waals surface area contributed by atoms with Crippen molar-refractivity contribution in [3.05, 3.63) is 34.5 Å². The highest BCUT2D eigenvalue weighted by Gasteiger charge is 2.29. The number of aryl methyl sites for hydroxylation is 1. The molecule has 0 spiro atoms. The molecule has 0 radical (unpaired) electrons. The Kier molecular flexibility index (Phi) is 3.80. The minimum Gasteiger partial charge on any atom is -0.451 e. The first-order valence-electron chi connectivity index (χ1n) is 6.41. The molecule has 1 heterocycles. The molecule has 0 saturated heterocycles. The van der Waals surface area contributed by atoms with Gasteiger partial charge in [0.15, 0.2) is 5.76 Å². The van der Waals surface area contributed by atoms with Crippen molar-refractivity contribution in [3.8, 4) is 0 Å². The van der Waals surface area contributed by atoms with E-state index >= 15 is 0 Å². The van der Waals surface area contributed by atoms with Crippen molar-refractivity contribution in [1.82, 2.24) is 5.32 Å². The molecule has 2 rings (SSSR count). The topological polar surface area (TPSA) is 62.5 Å². The minimum absolute atomic E-state index is 0.246. The zero-order valence-corrected chi connectivity index (χ0v) is 12.7. The third-order valence-electron chi connectivity index (χ3n) is 3.58. The third-order valence-corrected chi connectivity index (χ3v) is 3.82. The smallest absolute Gasteiger partial charge is 0.287 e. The van der Waals surface area contributed by atoms with Gasteiger partial charge >= 0.3 is 0 Å². The molecule has 0 fully saturated rings. The van der Waals surface area contributed by atoms with E-state index in [4.69, 9.17) is 16.0 Å². The van der Waals surface area contributed by atoms with E-state index in [-0.39, 0.29) is 11.7 Å². The lowest BCUT2D eigenvalue weighted by molar-refractivity contribution is 0.0688. The molecule has 108 valence electrons. The number of hydrogen-bond acceptors (Lipinski definition) is 3. The van der Waals surface area contributed by atoms with Gasteiger partial charge < -0.3 is 14.8 Å². The Hall–Kier alpha value is -1.52. The monoisotopic (exact) mass is 295 g/mol. The van der Waals surface area contributed by atoms with Crippen LogP contribution in [0.3, 0.4) is 0 Å². The molecule has 0 aliphatic rings. The lowest BCUT2D eigenvalue weighted by Crippen LogP contribution is -2.51. The van der Waals surface area contributed by atoms with Crippen LogP contribution in [-0.4, -0.2) is 22.7 Å². The fraction of sp³-hybridized carbons (Fsp3) is 0.400. The lowest BCUT2D eigenvalue weighted by atomic mass is 9.98. The molecule has 20 heavy (non-hydrogen) atoms. The molecule has 1 atom stereocenters. The second-order valence-electron chi connectivity index (χ2n) is 5.55. The van der Waals surface area contributed by atoms with E-state index in [1.54, 1.807) is 39.0 Å². The molecule has 5 heteroatoms. The van der Waals surface area contributed by atoms with E-state index in [1.807, 2.05) is 6.92 Å². The van der Waals surface area contributed by atoms with Gasteiger partial charge in [-0.2, -0.15) is 0 Å². The number of halogens is 1. The number of carbonyl (C=O) groups is 1. The Balaban J connectivity index is 2.38. The van der Waals surface area contributed by atoms with Crippen molar-refractivity contribution >= 4 is 28.5 Å². The first-order chi connectivity index (χ1) is 9.22. The van der Waals surface area contributed by atoms with Gasteiger partial charge in [0.05, 0.1) is 11.6 Å². The lowest BCUT2D eigenvalue weighted by Gasteiger charge is -2.28. The molecule has 0 saturated carbocycles. The second kappa shape index (κ2) is 5.11. The van der Waals surface area contributed by atoms with Gasteiger partial charge in [-0.05, 0) is 45.9 Å². The Morgan fingerprint density at radius 3 is 2.70 bits per heavy atom. The predicted octanol–water partition coefficient (Wildman–Crippen LogP) is 3.28. The number of hydrogen-bond donors (Lipinski definition) is 2. The van der Waals surface area contributed by atoms with Gasteiger partial charge in [-0.25, -0.2) is 0 Å². The average molecular weight is 296 g/mol. The van der Waals surface area contributed by atoms with Gasteiger partial charge in [0.1, 0.15) is 5.58 Å². The van der Waals surface area contributed by atoms with Crippen molar-refractivity contribution in [3.63, 3.8) is 0 Å². The van der Waals surface area contributed by atoms with E-state index in [0.29, 0.717) is 10.6 Å². The molecule has 2 N–H and O–H groups in total. The van der Waals surface area contributed by atoms with E-state index < -0.39 is 11.6 Å². The molecular formula is C15H18ClNO3. The van der Waals surface area contributed by atoms with Crippen LogP contribution in [-0.2, 0) is 0 Å². The maximum atomic E-state index is 12.3. The SMILES string of the molecule is Cc1c(C(=O)NC(C)(C)C(C)O)oc2ccc(Cl)cc12. The van der Waals surface area contributed by atoms with Crippen LogP contribution in [0.4, 0.5) is 0 Å². The number of aliphatic hydroxyl groups excluding tert-OH is 1. The molecule has 4 nitrogen and oxygen atoms in total. The number of carbonyl (C=O) groups excluding carboxylic acids is 1.